The maximum Gasteiger partial charge on any atom is 0.328 e. The maximum atomic E-state index is 12.8. The highest BCUT2D eigenvalue weighted by Crippen LogP contribution is 2.55. The lowest BCUT2D eigenvalue weighted by Crippen LogP contribution is -2.39. The summed E-state index contributed by atoms with van der Waals surface area (Å²) >= 11 is 0. The summed E-state index contributed by atoms with van der Waals surface area (Å²) in [5, 5.41) is 3.18. The van der Waals surface area contributed by atoms with Crippen LogP contribution >= 0.6 is 0 Å². The van der Waals surface area contributed by atoms with E-state index in [9.17, 15) is 9.59 Å². The molecule has 0 radical (unpaired) electrons. The molecule has 0 fully saturated rings. The van der Waals surface area contributed by atoms with E-state index in [-0.39, 0.29) is 11.6 Å². The summed E-state index contributed by atoms with van der Waals surface area (Å²) in [5.74, 6) is 1.10. The van der Waals surface area contributed by atoms with Crippen molar-refractivity contribution in [3.63, 3.8) is 0 Å². The molecule has 1 atom stereocenters. The van der Waals surface area contributed by atoms with Crippen molar-refractivity contribution >= 4 is 16.9 Å². The van der Waals surface area contributed by atoms with Gasteiger partial charge in [0, 0.05) is 38.4 Å². The maximum absolute atomic E-state index is 12.8. The van der Waals surface area contributed by atoms with Gasteiger partial charge in [0.1, 0.15) is 0 Å². The molecule has 0 saturated carbocycles. The van der Waals surface area contributed by atoms with Gasteiger partial charge in [-0.2, -0.15) is 0 Å². The Balaban J connectivity index is 1.17. The Morgan fingerprint density at radius 1 is 0.879 bits per heavy atom. The molecule has 0 spiro atoms. The van der Waals surface area contributed by atoms with Gasteiger partial charge in [0.25, 0.3) is 0 Å². The highest BCUT2D eigenvalue weighted by molar-refractivity contribution is 5.78. The van der Waals surface area contributed by atoms with Crippen molar-refractivity contribution in [3.8, 4) is 0 Å². The van der Waals surface area contributed by atoms with Gasteiger partial charge in [0.05, 0.1) is 11.0 Å². The number of aromatic nitrogens is 2. The molecule has 4 aromatic rings. The third-order valence-corrected chi connectivity index (χ3v) is 7.60. The number of nitrogens with one attached hydrogen (secondary N) is 1. The Hall–Kier alpha value is -3.60. The number of imidazole rings is 1. The Labute approximate surface area is 192 Å². The van der Waals surface area contributed by atoms with Gasteiger partial charge in [-0.1, -0.05) is 60.7 Å². The number of carbonyl (C=O) groups excluding carboxylic acids is 1. The van der Waals surface area contributed by atoms with Crippen LogP contribution in [0.2, 0.25) is 0 Å². The van der Waals surface area contributed by atoms with Gasteiger partial charge in [0.15, 0.2) is 0 Å². The summed E-state index contributed by atoms with van der Waals surface area (Å²) in [7, 11) is 1.77. The molecule has 1 aromatic heterocycles. The number of hydrogen-bond donors (Lipinski definition) is 1. The number of benzene rings is 3. The van der Waals surface area contributed by atoms with Crippen LogP contribution in [0.4, 0.5) is 0 Å². The van der Waals surface area contributed by atoms with E-state index >= 15 is 0 Å². The smallest absolute Gasteiger partial charge is 0.328 e. The lowest BCUT2D eigenvalue weighted by molar-refractivity contribution is -0.121. The molecule has 1 amide bonds. The predicted octanol–water partition coefficient (Wildman–Crippen LogP) is 4.14. The summed E-state index contributed by atoms with van der Waals surface area (Å²) < 4.78 is 3.34. The topological polar surface area (TPSA) is 56.0 Å². The zero-order valence-corrected chi connectivity index (χ0v) is 18.7. The molecule has 0 saturated heterocycles. The van der Waals surface area contributed by atoms with Crippen LogP contribution in [-0.2, 0) is 18.4 Å². The first kappa shape index (κ1) is 20.0. The first-order chi connectivity index (χ1) is 16.1. The molecule has 1 N–H and O–H groups in total. The fraction of sp³-hybridized carbons (Fsp3) is 0.286. The summed E-state index contributed by atoms with van der Waals surface area (Å²) in [4.78, 5) is 25.4. The second kappa shape index (κ2) is 7.77. The fourth-order valence-corrected chi connectivity index (χ4v) is 6.09. The van der Waals surface area contributed by atoms with Crippen LogP contribution in [0.5, 0.6) is 0 Å². The third-order valence-electron chi connectivity index (χ3n) is 7.60. The van der Waals surface area contributed by atoms with Crippen molar-refractivity contribution in [2.45, 2.75) is 31.2 Å². The molecule has 7 rings (SSSR count). The van der Waals surface area contributed by atoms with Crippen molar-refractivity contribution in [3.05, 3.63) is 106 Å². The van der Waals surface area contributed by atoms with Crippen LogP contribution in [-0.4, -0.2) is 21.6 Å². The molecular formula is C28H27N3O2. The minimum Gasteiger partial charge on any atom is -0.356 e. The van der Waals surface area contributed by atoms with Gasteiger partial charge < -0.3 is 5.32 Å². The van der Waals surface area contributed by atoms with Crippen LogP contribution < -0.4 is 11.0 Å². The van der Waals surface area contributed by atoms with E-state index in [0.717, 1.165) is 17.5 Å². The lowest BCUT2D eigenvalue weighted by atomic mass is 9.59. The number of para-hydroxylation sites is 2. The van der Waals surface area contributed by atoms with E-state index in [1.807, 2.05) is 24.3 Å². The second-order valence-electron chi connectivity index (χ2n) is 9.32. The van der Waals surface area contributed by atoms with E-state index in [2.05, 4.69) is 53.8 Å². The minimum absolute atomic E-state index is 0.00199. The molecule has 5 nitrogen and oxygen atoms in total. The molecule has 1 heterocycles. The largest absolute Gasteiger partial charge is 0.356 e. The van der Waals surface area contributed by atoms with Gasteiger partial charge in [-0.25, -0.2) is 4.79 Å². The van der Waals surface area contributed by atoms with Gasteiger partial charge in [-0.3, -0.25) is 13.9 Å². The van der Waals surface area contributed by atoms with E-state index in [1.54, 1.807) is 16.2 Å². The Morgan fingerprint density at radius 3 is 2.12 bits per heavy atom. The Bertz CT molecular complexity index is 1380. The highest BCUT2D eigenvalue weighted by Gasteiger charge is 2.42. The van der Waals surface area contributed by atoms with Crippen molar-refractivity contribution in [2.24, 2.45) is 13.0 Å². The Kier molecular flexibility index (Phi) is 4.72. The summed E-state index contributed by atoms with van der Waals surface area (Å²) in [6.45, 7) is 1.04. The van der Waals surface area contributed by atoms with Crippen molar-refractivity contribution in [1.82, 2.24) is 14.5 Å². The minimum atomic E-state index is -0.0817. The van der Waals surface area contributed by atoms with Gasteiger partial charge in [-0.05, 0) is 46.7 Å². The molecule has 3 aromatic carbocycles. The SMILES string of the molecule is Cn1c(=O)n(CCC(=O)NCC2CC3c4ccccc4C2c2ccccc23)c2ccccc21. The average Bonchev–Trinajstić information content (AvgIpc) is 3.11. The Morgan fingerprint density at radius 2 is 1.45 bits per heavy atom. The number of nitrogens with zero attached hydrogens (tertiary/aromatic N) is 2. The quantitative estimate of drug-likeness (QED) is 0.510. The third kappa shape index (κ3) is 3.14. The highest BCUT2D eigenvalue weighted by atomic mass is 16.2. The molecule has 2 bridgehead atoms. The molecule has 3 aliphatic carbocycles. The van der Waals surface area contributed by atoms with Gasteiger partial charge in [-0.15, -0.1) is 0 Å². The molecule has 33 heavy (non-hydrogen) atoms. The zero-order chi connectivity index (χ0) is 22.5. The van der Waals surface area contributed by atoms with E-state index in [4.69, 9.17) is 0 Å². The summed E-state index contributed by atoms with van der Waals surface area (Å²) in [5.41, 5.74) is 7.39. The normalized spacial score (nSPS) is 20.5. The van der Waals surface area contributed by atoms with Crippen molar-refractivity contribution in [2.75, 3.05) is 6.54 Å². The van der Waals surface area contributed by atoms with Gasteiger partial charge in [0.2, 0.25) is 5.91 Å². The van der Waals surface area contributed by atoms with Crippen molar-refractivity contribution < 1.29 is 4.79 Å². The molecule has 5 heteroatoms. The number of carbonyl (C=O) groups is 1. The number of fused-ring (bicyclic) bond motifs is 2. The average molecular weight is 438 g/mol. The number of rotatable bonds is 5. The van der Waals surface area contributed by atoms with Crippen LogP contribution in [0.3, 0.4) is 0 Å². The van der Waals surface area contributed by atoms with E-state index in [0.29, 0.717) is 37.3 Å². The molecule has 0 aliphatic heterocycles. The number of amides is 1. The lowest BCUT2D eigenvalue weighted by Gasteiger charge is -2.45. The van der Waals surface area contributed by atoms with Crippen molar-refractivity contribution in [1.29, 1.82) is 0 Å². The predicted molar refractivity (Wildman–Crippen MR) is 129 cm³/mol. The van der Waals surface area contributed by atoms with Crippen LogP contribution in [0, 0.1) is 5.92 Å². The molecular weight excluding hydrogens is 410 g/mol. The van der Waals surface area contributed by atoms with Crippen LogP contribution in [0.25, 0.3) is 11.0 Å². The molecule has 1 unspecified atom stereocenters. The van der Waals surface area contributed by atoms with Gasteiger partial charge >= 0.3 is 5.69 Å². The summed E-state index contributed by atoms with van der Waals surface area (Å²) in [6, 6.07) is 25.3. The monoisotopic (exact) mass is 437 g/mol. The number of hydrogen-bond acceptors (Lipinski definition) is 2. The summed E-state index contributed by atoms with van der Waals surface area (Å²) in [6.07, 6.45) is 1.35. The zero-order valence-electron chi connectivity index (χ0n) is 18.7. The van der Waals surface area contributed by atoms with E-state index in [1.165, 1.54) is 22.3 Å². The molecule has 3 aliphatic rings. The second-order valence-corrected chi connectivity index (χ2v) is 9.32. The van der Waals surface area contributed by atoms with Crippen LogP contribution in [0.1, 0.15) is 46.9 Å². The van der Waals surface area contributed by atoms with E-state index < -0.39 is 0 Å². The standard InChI is InChI=1S/C28H27N3O2/c1-30-24-12-6-7-13-25(24)31(28(30)33)15-14-26(32)29-17-18-16-23-19-8-2-4-10-21(19)27(18)22-11-5-3-9-20(22)23/h2-13,18,23,27H,14-17H2,1H3,(H,29,32). The molecule has 166 valence electrons. The van der Waals surface area contributed by atoms with Crippen LogP contribution in [0.15, 0.2) is 77.6 Å². The first-order valence-corrected chi connectivity index (χ1v) is 11.7. The fourth-order valence-electron chi connectivity index (χ4n) is 6.09. The number of aryl methyl sites for hydroxylation is 2. The first-order valence-electron chi connectivity index (χ1n) is 11.7.